The second kappa shape index (κ2) is 7.41. The van der Waals surface area contributed by atoms with E-state index in [1.54, 1.807) is 4.90 Å². The summed E-state index contributed by atoms with van der Waals surface area (Å²) < 4.78 is 0.956. The minimum atomic E-state index is 0.0128. The van der Waals surface area contributed by atoms with Gasteiger partial charge in [0, 0.05) is 35.2 Å². The molecule has 2 N–H and O–H groups in total. The number of benzene rings is 1. The highest BCUT2D eigenvalue weighted by atomic mass is 79.9. The lowest BCUT2D eigenvalue weighted by Crippen LogP contribution is -2.34. The number of carbonyl (C=O) groups is 1. The first-order chi connectivity index (χ1) is 10.8. The number of fused-ring (bicyclic) bond motifs is 1. The highest BCUT2D eigenvalue weighted by Gasteiger charge is 2.17. The van der Waals surface area contributed by atoms with E-state index in [9.17, 15) is 4.79 Å². The maximum Gasteiger partial charge on any atom is 0.254 e. The highest BCUT2D eigenvalue weighted by molar-refractivity contribution is 9.10. The fourth-order valence-corrected chi connectivity index (χ4v) is 2.84. The summed E-state index contributed by atoms with van der Waals surface area (Å²) in [6.45, 7) is 6.76. The number of aromatic nitrogens is 1. The number of nitrogens with zero attached hydrogens (tertiary/aromatic N) is 2. The molecule has 0 saturated heterocycles. The van der Waals surface area contributed by atoms with Gasteiger partial charge in [0.2, 0.25) is 0 Å². The van der Waals surface area contributed by atoms with Gasteiger partial charge in [0.25, 0.3) is 5.91 Å². The topological polar surface area (TPSA) is 59.2 Å². The van der Waals surface area contributed by atoms with Crippen molar-refractivity contribution in [2.75, 3.05) is 13.6 Å². The van der Waals surface area contributed by atoms with E-state index < -0.39 is 0 Å². The standard InChI is InChI=1S/C18H24BrN3O/c1-11(2)16(20)7-8-22(4)18(23)15-9-12(3)21-17-10-13(19)5-6-14(15)17/h5-6,9-11,16H,7-8,20H2,1-4H3. The van der Waals surface area contributed by atoms with Gasteiger partial charge in [-0.1, -0.05) is 35.8 Å². The maximum atomic E-state index is 12.8. The number of aryl methyl sites for hydroxylation is 1. The van der Waals surface area contributed by atoms with Crippen molar-refractivity contribution >= 4 is 32.7 Å². The molecule has 124 valence electrons. The molecule has 0 aliphatic heterocycles. The van der Waals surface area contributed by atoms with Crippen LogP contribution < -0.4 is 5.73 Å². The molecular formula is C18H24BrN3O. The second-order valence-corrected chi connectivity index (χ2v) is 7.31. The van der Waals surface area contributed by atoms with E-state index in [1.165, 1.54) is 0 Å². The van der Waals surface area contributed by atoms with Gasteiger partial charge in [0.15, 0.2) is 0 Å². The van der Waals surface area contributed by atoms with Crippen molar-refractivity contribution in [3.63, 3.8) is 0 Å². The Morgan fingerprint density at radius 3 is 2.70 bits per heavy atom. The van der Waals surface area contributed by atoms with Crippen molar-refractivity contribution in [2.24, 2.45) is 11.7 Å². The van der Waals surface area contributed by atoms with Gasteiger partial charge in [0.1, 0.15) is 0 Å². The van der Waals surface area contributed by atoms with Gasteiger partial charge in [0.05, 0.1) is 11.1 Å². The molecule has 0 spiro atoms. The molecule has 0 saturated carbocycles. The van der Waals surface area contributed by atoms with Crippen LogP contribution in [0.3, 0.4) is 0 Å². The van der Waals surface area contributed by atoms with Gasteiger partial charge < -0.3 is 10.6 Å². The Balaban J connectivity index is 2.26. The van der Waals surface area contributed by atoms with Crippen LogP contribution >= 0.6 is 15.9 Å². The number of carbonyl (C=O) groups excluding carboxylic acids is 1. The van der Waals surface area contributed by atoms with Gasteiger partial charge in [-0.2, -0.15) is 0 Å². The largest absolute Gasteiger partial charge is 0.342 e. The molecule has 0 aliphatic carbocycles. The molecule has 4 nitrogen and oxygen atoms in total. The number of nitrogens with two attached hydrogens (primary N) is 1. The van der Waals surface area contributed by atoms with Gasteiger partial charge in [-0.25, -0.2) is 0 Å². The lowest BCUT2D eigenvalue weighted by Gasteiger charge is -2.22. The van der Waals surface area contributed by atoms with Crippen molar-refractivity contribution in [3.8, 4) is 0 Å². The number of hydrogen-bond donors (Lipinski definition) is 1. The lowest BCUT2D eigenvalue weighted by molar-refractivity contribution is 0.0791. The Hall–Kier alpha value is -1.46. The van der Waals surface area contributed by atoms with E-state index in [0.717, 1.165) is 27.5 Å². The van der Waals surface area contributed by atoms with E-state index in [0.29, 0.717) is 18.0 Å². The quantitative estimate of drug-likeness (QED) is 0.862. The third-order valence-corrected chi connectivity index (χ3v) is 4.62. The first-order valence-electron chi connectivity index (χ1n) is 7.87. The van der Waals surface area contributed by atoms with E-state index in [2.05, 4.69) is 34.8 Å². The lowest BCUT2D eigenvalue weighted by atomic mass is 10.0. The number of rotatable bonds is 5. The maximum absolute atomic E-state index is 12.8. The fraction of sp³-hybridized carbons (Fsp3) is 0.444. The van der Waals surface area contributed by atoms with Crippen LogP contribution in [0.2, 0.25) is 0 Å². The molecule has 0 aliphatic rings. The average Bonchev–Trinajstić information content (AvgIpc) is 2.49. The minimum absolute atomic E-state index is 0.0128. The Bertz CT molecular complexity index is 709. The molecule has 1 heterocycles. The molecule has 0 bridgehead atoms. The number of halogens is 1. The van der Waals surface area contributed by atoms with E-state index in [4.69, 9.17) is 5.73 Å². The molecule has 0 fully saturated rings. The highest BCUT2D eigenvalue weighted by Crippen LogP contribution is 2.23. The van der Waals surface area contributed by atoms with Gasteiger partial charge in [-0.15, -0.1) is 0 Å². The van der Waals surface area contributed by atoms with Crippen molar-refractivity contribution in [1.82, 2.24) is 9.88 Å². The van der Waals surface area contributed by atoms with Crippen molar-refractivity contribution in [2.45, 2.75) is 33.2 Å². The van der Waals surface area contributed by atoms with Crippen LogP contribution in [0.4, 0.5) is 0 Å². The molecule has 1 aromatic carbocycles. The van der Waals surface area contributed by atoms with Gasteiger partial charge in [-0.3, -0.25) is 9.78 Å². The predicted octanol–water partition coefficient (Wildman–Crippen LogP) is 3.75. The summed E-state index contributed by atoms with van der Waals surface area (Å²) >= 11 is 3.45. The molecular weight excluding hydrogens is 354 g/mol. The summed E-state index contributed by atoms with van der Waals surface area (Å²) in [4.78, 5) is 19.1. The average molecular weight is 378 g/mol. The Labute approximate surface area is 146 Å². The SMILES string of the molecule is Cc1cc(C(=O)N(C)CCC(N)C(C)C)c2ccc(Br)cc2n1. The molecule has 2 aromatic rings. The van der Waals surface area contributed by atoms with Crippen LogP contribution in [0.5, 0.6) is 0 Å². The minimum Gasteiger partial charge on any atom is -0.342 e. The zero-order valence-electron chi connectivity index (χ0n) is 14.1. The smallest absolute Gasteiger partial charge is 0.254 e. The Kier molecular flexibility index (Phi) is 5.76. The Morgan fingerprint density at radius 1 is 1.35 bits per heavy atom. The zero-order chi connectivity index (χ0) is 17.1. The van der Waals surface area contributed by atoms with Crippen LogP contribution in [0.1, 0.15) is 36.3 Å². The van der Waals surface area contributed by atoms with Crippen molar-refractivity contribution in [1.29, 1.82) is 0 Å². The normalized spacial score (nSPS) is 12.7. The summed E-state index contributed by atoms with van der Waals surface area (Å²) in [5, 5.41) is 0.879. The predicted molar refractivity (Wildman–Crippen MR) is 98.6 cm³/mol. The van der Waals surface area contributed by atoms with Crippen molar-refractivity contribution in [3.05, 3.63) is 40.0 Å². The second-order valence-electron chi connectivity index (χ2n) is 6.40. The molecule has 1 aromatic heterocycles. The van der Waals surface area contributed by atoms with Gasteiger partial charge >= 0.3 is 0 Å². The number of amides is 1. The van der Waals surface area contributed by atoms with Gasteiger partial charge in [-0.05, 0) is 37.5 Å². The van der Waals surface area contributed by atoms with Crippen LogP contribution in [0.25, 0.3) is 10.9 Å². The van der Waals surface area contributed by atoms with E-state index in [-0.39, 0.29) is 11.9 Å². The fourth-order valence-electron chi connectivity index (χ4n) is 2.49. The first kappa shape index (κ1) is 17.9. The van der Waals surface area contributed by atoms with Crippen LogP contribution in [0, 0.1) is 12.8 Å². The molecule has 1 atom stereocenters. The number of hydrogen-bond acceptors (Lipinski definition) is 3. The third-order valence-electron chi connectivity index (χ3n) is 4.13. The summed E-state index contributed by atoms with van der Waals surface area (Å²) in [7, 11) is 1.83. The summed E-state index contributed by atoms with van der Waals surface area (Å²) in [5.41, 5.74) is 8.44. The van der Waals surface area contributed by atoms with E-state index >= 15 is 0 Å². The third kappa shape index (κ3) is 4.30. The monoisotopic (exact) mass is 377 g/mol. The summed E-state index contributed by atoms with van der Waals surface area (Å²) in [6.07, 6.45) is 0.799. The summed E-state index contributed by atoms with van der Waals surface area (Å²) in [6, 6.07) is 7.78. The molecule has 1 unspecified atom stereocenters. The zero-order valence-corrected chi connectivity index (χ0v) is 15.7. The molecule has 2 rings (SSSR count). The van der Waals surface area contributed by atoms with Crippen LogP contribution in [0.15, 0.2) is 28.7 Å². The Morgan fingerprint density at radius 2 is 2.04 bits per heavy atom. The molecule has 1 amide bonds. The van der Waals surface area contributed by atoms with Crippen LogP contribution in [-0.2, 0) is 0 Å². The summed E-state index contributed by atoms with van der Waals surface area (Å²) in [5.74, 6) is 0.429. The van der Waals surface area contributed by atoms with E-state index in [1.807, 2.05) is 38.2 Å². The number of pyridine rings is 1. The first-order valence-corrected chi connectivity index (χ1v) is 8.67. The molecule has 5 heteroatoms. The molecule has 0 radical (unpaired) electrons. The van der Waals surface area contributed by atoms with Crippen LogP contribution in [-0.4, -0.2) is 35.4 Å². The van der Waals surface area contributed by atoms with Crippen molar-refractivity contribution < 1.29 is 4.79 Å². The molecule has 23 heavy (non-hydrogen) atoms.